The lowest BCUT2D eigenvalue weighted by Crippen LogP contribution is -2.30. The molecule has 0 saturated heterocycles. The lowest BCUT2D eigenvalue weighted by atomic mass is 9.78. The van der Waals surface area contributed by atoms with Crippen molar-refractivity contribution in [2.75, 3.05) is 7.05 Å². The zero-order valence-corrected chi connectivity index (χ0v) is 9.65. The fourth-order valence-electron chi connectivity index (χ4n) is 1.23. The first-order valence-corrected chi connectivity index (χ1v) is 5.02. The van der Waals surface area contributed by atoms with Crippen LogP contribution in [0.25, 0.3) is 0 Å². The van der Waals surface area contributed by atoms with Crippen molar-refractivity contribution < 1.29 is 0 Å². The van der Waals surface area contributed by atoms with E-state index in [1.807, 2.05) is 7.05 Å². The minimum atomic E-state index is 0.379. The van der Waals surface area contributed by atoms with E-state index in [1.165, 1.54) is 0 Å². The van der Waals surface area contributed by atoms with Crippen molar-refractivity contribution in [2.45, 2.75) is 46.6 Å². The third kappa shape index (κ3) is 4.95. The molecule has 0 aromatic rings. The van der Waals surface area contributed by atoms with Gasteiger partial charge in [0.15, 0.2) is 0 Å². The fourth-order valence-corrected chi connectivity index (χ4v) is 1.23. The van der Waals surface area contributed by atoms with Crippen molar-refractivity contribution in [2.24, 2.45) is 11.3 Å². The molecule has 0 aromatic carbocycles. The molecule has 0 bridgehead atoms. The molecule has 0 amide bonds. The average molecular weight is 181 g/mol. The Morgan fingerprint density at radius 2 is 1.92 bits per heavy atom. The molecule has 13 heavy (non-hydrogen) atoms. The molecule has 0 aliphatic rings. The molecule has 2 atom stereocenters. The lowest BCUT2D eigenvalue weighted by molar-refractivity contribution is 0.226. The highest BCUT2D eigenvalue weighted by Gasteiger charge is 2.22. The van der Waals surface area contributed by atoms with Gasteiger partial charge in [-0.3, -0.25) is 0 Å². The summed E-state index contributed by atoms with van der Waals surface area (Å²) in [5.74, 6) is 3.41. The Morgan fingerprint density at radius 1 is 1.38 bits per heavy atom. The first kappa shape index (κ1) is 12.5. The zero-order chi connectivity index (χ0) is 10.5. The monoisotopic (exact) mass is 181 g/mol. The summed E-state index contributed by atoms with van der Waals surface area (Å²) in [6.07, 6.45) is 7.29. The lowest BCUT2D eigenvalue weighted by Gasteiger charge is -2.30. The van der Waals surface area contributed by atoms with Crippen molar-refractivity contribution in [1.82, 2.24) is 5.32 Å². The van der Waals surface area contributed by atoms with E-state index in [2.05, 4.69) is 38.9 Å². The standard InChI is InChI=1S/C12H23N/c1-7-8-11(13-6)9-10(2)12(3,4)5/h1,10-11,13H,8-9H2,2-6H3. The van der Waals surface area contributed by atoms with Crippen LogP contribution in [0.15, 0.2) is 0 Å². The van der Waals surface area contributed by atoms with Crippen LogP contribution >= 0.6 is 0 Å². The summed E-state index contributed by atoms with van der Waals surface area (Å²) >= 11 is 0. The normalized spacial score (nSPS) is 16.3. The predicted molar refractivity (Wildman–Crippen MR) is 59.5 cm³/mol. The molecular formula is C12H23N. The summed E-state index contributed by atoms with van der Waals surface area (Å²) in [6.45, 7) is 9.13. The van der Waals surface area contributed by atoms with Crippen LogP contribution in [-0.4, -0.2) is 13.1 Å². The summed E-state index contributed by atoms with van der Waals surface area (Å²) in [6, 6.07) is 0.472. The topological polar surface area (TPSA) is 12.0 Å². The predicted octanol–water partition coefficient (Wildman–Crippen LogP) is 2.67. The summed E-state index contributed by atoms with van der Waals surface area (Å²) in [5.41, 5.74) is 0.379. The van der Waals surface area contributed by atoms with Crippen molar-refractivity contribution in [3.8, 4) is 12.3 Å². The smallest absolute Gasteiger partial charge is 0.0240 e. The highest BCUT2D eigenvalue weighted by Crippen LogP contribution is 2.29. The van der Waals surface area contributed by atoms with E-state index < -0.39 is 0 Å². The van der Waals surface area contributed by atoms with Crippen molar-refractivity contribution in [3.63, 3.8) is 0 Å². The van der Waals surface area contributed by atoms with Gasteiger partial charge in [-0.1, -0.05) is 27.7 Å². The van der Waals surface area contributed by atoms with Crippen LogP contribution in [0.1, 0.15) is 40.5 Å². The van der Waals surface area contributed by atoms with Gasteiger partial charge >= 0.3 is 0 Å². The van der Waals surface area contributed by atoms with Gasteiger partial charge in [0.25, 0.3) is 0 Å². The first-order chi connectivity index (χ1) is 5.91. The van der Waals surface area contributed by atoms with Gasteiger partial charge in [0.1, 0.15) is 0 Å². The third-order valence-electron chi connectivity index (χ3n) is 2.89. The van der Waals surface area contributed by atoms with Gasteiger partial charge in [0, 0.05) is 12.5 Å². The highest BCUT2D eigenvalue weighted by atomic mass is 14.9. The molecule has 0 aliphatic heterocycles. The first-order valence-electron chi connectivity index (χ1n) is 5.02. The number of terminal acetylenes is 1. The van der Waals surface area contributed by atoms with Crippen LogP contribution in [0, 0.1) is 23.7 Å². The highest BCUT2D eigenvalue weighted by molar-refractivity contribution is 4.90. The van der Waals surface area contributed by atoms with Crippen LogP contribution in [0.3, 0.4) is 0 Å². The third-order valence-corrected chi connectivity index (χ3v) is 2.89. The fraction of sp³-hybridized carbons (Fsp3) is 0.833. The Hall–Kier alpha value is -0.480. The molecule has 0 heterocycles. The quantitative estimate of drug-likeness (QED) is 0.657. The van der Waals surface area contributed by atoms with Gasteiger partial charge in [-0.2, -0.15) is 0 Å². The molecular weight excluding hydrogens is 158 g/mol. The van der Waals surface area contributed by atoms with Gasteiger partial charge in [-0.05, 0) is 24.8 Å². The Bertz CT molecular complexity index is 171. The number of hydrogen-bond donors (Lipinski definition) is 1. The SMILES string of the molecule is C#CCC(CC(C)C(C)(C)C)NC. The van der Waals surface area contributed by atoms with Gasteiger partial charge in [0.05, 0.1) is 0 Å². The van der Waals surface area contributed by atoms with Crippen LogP contribution in [0.4, 0.5) is 0 Å². The Kier molecular flexibility index (Phi) is 5.10. The molecule has 0 aromatic heterocycles. The van der Waals surface area contributed by atoms with Crippen LogP contribution in [-0.2, 0) is 0 Å². The maximum atomic E-state index is 5.30. The zero-order valence-electron chi connectivity index (χ0n) is 9.65. The minimum Gasteiger partial charge on any atom is -0.316 e. The number of rotatable bonds is 4. The Morgan fingerprint density at radius 3 is 2.23 bits per heavy atom. The second kappa shape index (κ2) is 5.29. The average Bonchev–Trinajstić information content (AvgIpc) is 2.01. The van der Waals surface area contributed by atoms with E-state index in [1.54, 1.807) is 0 Å². The summed E-state index contributed by atoms with van der Waals surface area (Å²) in [5, 5.41) is 3.26. The van der Waals surface area contributed by atoms with Crippen LogP contribution < -0.4 is 5.32 Å². The molecule has 0 spiro atoms. The molecule has 0 saturated carbocycles. The van der Waals surface area contributed by atoms with E-state index in [4.69, 9.17) is 6.42 Å². The second-order valence-corrected chi connectivity index (χ2v) is 4.90. The van der Waals surface area contributed by atoms with E-state index in [9.17, 15) is 0 Å². The van der Waals surface area contributed by atoms with E-state index in [0.717, 1.165) is 12.8 Å². The maximum absolute atomic E-state index is 5.30. The van der Waals surface area contributed by atoms with Crippen molar-refractivity contribution in [3.05, 3.63) is 0 Å². The van der Waals surface area contributed by atoms with Gasteiger partial charge in [-0.15, -0.1) is 12.3 Å². The molecule has 2 unspecified atom stereocenters. The molecule has 1 N–H and O–H groups in total. The minimum absolute atomic E-state index is 0.379. The largest absolute Gasteiger partial charge is 0.316 e. The molecule has 0 rings (SSSR count). The number of hydrogen-bond acceptors (Lipinski definition) is 1. The molecule has 0 fully saturated rings. The van der Waals surface area contributed by atoms with Crippen molar-refractivity contribution >= 4 is 0 Å². The molecule has 1 heteroatoms. The van der Waals surface area contributed by atoms with E-state index in [0.29, 0.717) is 17.4 Å². The number of nitrogens with one attached hydrogen (secondary N) is 1. The summed E-state index contributed by atoms with van der Waals surface area (Å²) < 4.78 is 0. The molecule has 1 nitrogen and oxygen atoms in total. The van der Waals surface area contributed by atoms with E-state index >= 15 is 0 Å². The van der Waals surface area contributed by atoms with Crippen LogP contribution in [0.5, 0.6) is 0 Å². The molecule has 0 radical (unpaired) electrons. The molecule has 0 aliphatic carbocycles. The second-order valence-electron chi connectivity index (χ2n) is 4.90. The van der Waals surface area contributed by atoms with Crippen LogP contribution in [0.2, 0.25) is 0 Å². The maximum Gasteiger partial charge on any atom is 0.0240 e. The van der Waals surface area contributed by atoms with Crippen molar-refractivity contribution in [1.29, 1.82) is 0 Å². The Labute approximate surface area is 83.3 Å². The van der Waals surface area contributed by atoms with Gasteiger partial charge in [-0.25, -0.2) is 0 Å². The Balaban J connectivity index is 4.02. The molecule has 76 valence electrons. The van der Waals surface area contributed by atoms with Gasteiger partial charge in [0.2, 0.25) is 0 Å². The summed E-state index contributed by atoms with van der Waals surface area (Å²) in [4.78, 5) is 0. The summed E-state index contributed by atoms with van der Waals surface area (Å²) in [7, 11) is 1.98. The van der Waals surface area contributed by atoms with Gasteiger partial charge < -0.3 is 5.32 Å². The van der Waals surface area contributed by atoms with E-state index in [-0.39, 0.29) is 0 Å².